The summed E-state index contributed by atoms with van der Waals surface area (Å²) in [5, 5.41) is 2.27. The van der Waals surface area contributed by atoms with Crippen LogP contribution in [0.4, 0.5) is 17.1 Å². The van der Waals surface area contributed by atoms with Crippen LogP contribution in [0.15, 0.2) is 205 Å². The molecule has 0 atom stereocenters. The SMILES string of the molecule is CC1(C)c2ccccc2-c2ccc(N(c3cccc(-c4ccc(-c5cccc6c5oc5ccccc56)c(-c5ccccc5)c4)c3)c3ccc4c(c3)C(C)(C)c3ccccc3-4)cc21. The molecule has 2 heteroatoms. The molecule has 2 nitrogen and oxygen atoms in total. The van der Waals surface area contributed by atoms with Crippen LogP contribution in [0, 0.1) is 0 Å². The van der Waals surface area contributed by atoms with Gasteiger partial charge in [-0.15, -0.1) is 0 Å². The Morgan fingerprint density at radius 3 is 1.52 bits per heavy atom. The summed E-state index contributed by atoms with van der Waals surface area (Å²) in [6.45, 7) is 9.46. The van der Waals surface area contributed by atoms with E-state index in [0.717, 1.165) is 61.3 Å². The summed E-state index contributed by atoms with van der Waals surface area (Å²) in [7, 11) is 0. The minimum absolute atomic E-state index is 0.126. The quantitative estimate of drug-likeness (QED) is 0.167. The van der Waals surface area contributed by atoms with Crippen LogP contribution < -0.4 is 4.90 Å². The summed E-state index contributed by atoms with van der Waals surface area (Å²) in [6.07, 6.45) is 0. The highest BCUT2D eigenvalue weighted by molar-refractivity contribution is 6.10. The average molecular weight is 796 g/mol. The van der Waals surface area contributed by atoms with E-state index in [4.69, 9.17) is 4.42 Å². The maximum atomic E-state index is 6.58. The number of para-hydroxylation sites is 2. The zero-order valence-corrected chi connectivity index (χ0v) is 35.4. The number of furan rings is 1. The summed E-state index contributed by atoms with van der Waals surface area (Å²) < 4.78 is 6.58. The normalized spacial score (nSPS) is 14.1. The molecule has 12 rings (SSSR count). The van der Waals surface area contributed by atoms with Crippen LogP contribution in [0.1, 0.15) is 49.9 Å². The largest absolute Gasteiger partial charge is 0.455 e. The van der Waals surface area contributed by atoms with Crippen LogP contribution in [0.5, 0.6) is 0 Å². The molecule has 296 valence electrons. The minimum atomic E-state index is -0.126. The predicted molar refractivity (Wildman–Crippen MR) is 260 cm³/mol. The van der Waals surface area contributed by atoms with E-state index < -0.39 is 0 Å². The van der Waals surface area contributed by atoms with E-state index in [2.05, 4.69) is 227 Å². The number of anilines is 3. The lowest BCUT2D eigenvalue weighted by atomic mass is 9.82. The zero-order chi connectivity index (χ0) is 41.7. The molecule has 0 fully saturated rings. The molecule has 2 aliphatic carbocycles. The molecule has 0 radical (unpaired) electrons. The topological polar surface area (TPSA) is 16.4 Å². The fourth-order valence-electron chi connectivity index (χ4n) is 10.7. The Kier molecular flexibility index (Phi) is 7.96. The predicted octanol–water partition coefficient (Wildman–Crippen LogP) is 16.7. The van der Waals surface area contributed by atoms with Crippen molar-refractivity contribution < 1.29 is 4.42 Å². The van der Waals surface area contributed by atoms with E-state index in [-0.39, 0.29) is 10.8 Å². The van der Waals surface area contributed by atoms with Gasteiger partial charge in [-0.3, -0.25) is 0 Å². The molecule has 1 heterocycles. The third-order valence-corrected chi connectivity index (χ3v) is 13.9. The van der Waals surface area contributed by atoms with E-state index in [1.54, 1.807) is 0 Å². The van der Waals surface area contributed by atoms with E-state index in [1.807, 2.05) is 6.07 Å². The monoisotopic (exact) mass is 795 g/mol. The fraction of sp³-hybridized carbons (Fsp3) is 0.100. The summed E-state index contributed by atoms with van der Waals surface area (Å²) in [5.74, 6) is 0. The first kappa shape index (κ1) is 36.4. The molecule has 0 spiro atoms. The Hall–Kier alpha value is -7.42. The van der Waals surface area contributed by atoms with Gasteiger partial charge < -0.3 is 9.32 Å². The van der Waals surface area contributed by atoms with Gasteiger partial charge in [0.2, 0.25) is 0 Å². The van der Waals surface area contributed by atoms with Gasteiger partial charge in [-0.1, -0.05) is 179 Å². The van der Waals surface area contributed by atoms with Gasteiger partial charge in [-0.25, -0.2) is 0 Å². The van der Waals surface area contributed by atoms with Crippen molar-refractivity contribution in [3.05, 3.63) is 222 Å². The maximum absolute atomic E-state index is 6.58. The molecule has 0 aliphatic heterocycles. The molecule has 0 unspecified atom stereocenters. The number of nitrogens with zero attached hydrogens (tertiary/aromatic N) is 1. The molecule has 2 aliphatic rings. The first-order chi connectivity index (χ1) is 30.3. The molecule has 0 N–H and O–H groups in total. The fourth-order valence-corrected chi connectivity index (χ4v) is 10.7. The number of benzene rings is 9. The van der Waals surface area contributed by atoms with Crippen molar-refractivity contribution in [1.29, 1.82) is 0 Å². The number of rotatable bonds is 6. The van der Waals surface area contributed by atoms with Crippen molar-refractivity contribution in [2.75, 3.05) is 4.90 Å². The minimum Gasteiger partial charge on any atom is -0.455 e. The van der Waals surface area contributed by atoms with E-state index in [0.29, 0.717) is 0 Å². The average Bonchev–Trinajstić information content (AvgIpc) is 3.89. The molecule has 10 aromatic rings. The van der Waals surface area contributed by atoms with Gasteiger partial charge in [0.15, 0.2) is 0 Å². The first-order valence-corrected chi connectivity index (χ1v) is 21.8. The van der Waals surface area contributed by atoms with Gasteiger partial charge in [0.05, 0.1) is 0 Å². The van der Waals surface area contributed by atoms with Crippen molar-refractivity contribution in [2.24, 2.45) is 0 Å². The van der Waals surface area contributed by atoms with Crippen molar-refractivity contribution in [3.8, 4) is 55.6 Å². The molecule has 62 heavy (non-hydrogen) atoms. The van der Waals surface area contributed by atoms with Crippen molar-refractivity contribution in [2.45, 2.75) is 38.5 Å². The second-order valence-electron chi connectivity index (χ2n) is 18.1. The third-order valence-electron chi connectivity index (χ3n) is 13.9. The van der Waals surface area contributed by atoms with E-state index >= 15 is 0 Å². The van der Waals surface area contributed by atoms with Gasteiger partial charge in [-0.2, -0.15) is 0 Å². The summed E-state index contributed by atoms with van der Waals surface area (Å²) in [6, 6.07) is 73.6. The van der Waals surface area contributed by atoms with Crippen molar-refractivity contribution >= 4 is 39.0 Å². The highest BCUT2D eigenvalue weighted by Crippen LogP contribution is 2.53. The Morgan fingerprint density at radius 2 is 0.823 bits per heavy atom. The molecule has 1 aromatic heterocycles. The van der Waals surface area contributed by atoms with E-state index in [1.165, 1.54) is 55.6 Å². The van der Waals surface area contributed by atoms with E-state index in [9.17, 15) is 0 Å². The highest BCUT2D eigenvalue weighted by Gasteiger charge is 2.37. The lowest BCUT2D eigenvalue weighted by Gasteiger charge is -2.30. The van der Waals surface area contributed by atoms with Crippen LogP contribution in [-0.2, 0) is 10.8 Å². The van der Waals surface area contributed by atoms with Crippen LogP contribution in [0.25, 0.3) is 77.6 Å². The van der Waals surface area contributed by atoms with Crippen LogP contribution in [0.3, 0.4) is 0 Å². The zero-order valence-electron chi connectivity index (χ0n) is 35.4. The van der Waals surface area contributed by atoms with Crippen LogP contribution >= 0.6 is 0 Å². The molecular weight excluding hydrogens is 751 g/mol. The van der Waals surface area contributed by atoms with Gasteiger partial charge >= 0.3 is 0 Å². The second kappa shape index (κ2) is 13.5. The molecule has 0 bridgehead atoms. The van der Waals surface area contributed by atoms with Crippen molar-refractivity contribution in [3.63, 3.8) is 0 Å². The maximum Gasteiger partial charge on any atom is 0.143 e. The third kappa shape index (κ3) is 5.43. The Morgan fingerprint density at radius 1 is 0.323 bits per heavy atom. The van der Waals surface area contributed by atoms with Crippen LogP contribution in [0.2, 0.25) is 0 Å². The Labute approximate surface area is 363 Å². The van der Waals surface area contributed by atoms with Gasteiger partial charge in [0.1, 0.15) is 11.2 Å². The lowest BCUT2D eigenvalue weighted by molar-refractivity contribution is 0.660. The van der Waals surface area contributed by atoms with Gasteiger partial charge in [-0.05, 0) is 121 Å². The molecule has 9 aromatic carbocycles. The smallest absolute Gasteiger partial charge is 0.143 e. The highest BCUT2D eigenvalue weighted by atomic mass is 16.3. The Balaban J connectivity index is 1.03. The first-order valence-electron chi connectivity index (χ1n) is 21.8. The van der Waals surface area contributed by atoms with Gasteiger partial charge in [0, 0.05) is 44.2 Å². The molecule has 0 saturated heterocycles. The van der Waals surface area contributed by atoms with Crippen molar-refractivity contribution in [1.82, 2.24) is 0 Å². The Bertz CT molecular complexity index is 3310. The standard InChI is InChI=1S/C60H45NO/c1-59(2)53-25-11-8-20-45(53)47-32-29-42(36-55(47)59)61(43-30-33-48-46-21-9-12-26-54(46)60(3,4)56(48)37-43)41-19-14-18-39(34-41)40-28-31-44(52(35-40)38-16-6-5-7-17-38)50-23-15-24-51-49-22-10-13-27-57(49)62-58(50)51/h5-37H,1-4H3. The number of hydrogen-bond acceptors (Lipinski definition) is 2. The summed E-state index contributed by atoms with van der Waals surface area (Å²) in [4.78, 5) is 2.47. The number of fused-ring (bicyclic) bond motifs is 9. The van der Waals surface area contributed by atoms with Gasteiger partial charge in [0.25, 0.3) is 0 Å². The lowest BCUT2D eigenvalue weighted by Crippen LogP contribution is -2.18. The molecule has 0 amide bonds. The molecule has 0 saturated carbocycles. The molecular formula is C60H45NO. The van der Waals surface area contributed by atoms with Crippen LogP contribution in [-0.4, -0.2) is 0 Å². The summed E-state index contributed by atoms with van der Waals surface area (Å²) >= 11 is 0. The second-order valence-corrected chi connectivity index (χ2v) is 18.1. The number of hydrogen-bond donors (Lipinski definition) is 0. The summed E-state index contributed by atoms with van der Waals surface area (Å²) in [5.41, 5.74) is 22.6.